The van der Waals surface area contributed by atoms with E-state index in [1.165, 1.54) is 37.4 Å². The number of anilines is 1. The Morgan fingerprint density at radius 2 is 1.75 bits per heavy atom. The van der Waals surface area contributed by atoms with Crippen molar-refractivity contribution < 1.29 is 13.2 Å². The molecule has 0 aliphatic carbocycles. The first-order chi connectivity index (χ1) is 13.4. The van der Waals surface area contributed by atoms with Crippen molar-refractivity contribution in [2.24, 2.45) is 0 Å². The van der Waals surface area contributed by atoms with E-state index in [9.17, 15) is 13.2 Å². The summed E-state index contributed by atoms with van der Waals surface area (Å²) >= 11 is 0. The monoisotopic (exact) mass is 399 g/mol. The number of amides is 1. The van der Waals surface area contributed by atoms with Gasteiger partial charge in [-0.1, -0.05) is 36.4 Å². The molecule has 2 aromatic rings. The minimum absolute atomic E-state index is 0.111. The Bertz CT molecular complexity index is 952. The number of nitrogens with zero attached hydrogens (tertiary/aromatic N) is 2. The Hall–Kier alpha value is -2.48. The SMILES string of the molecule is CN(C)S(=O)(=O)c1ccc(NC(=O)CN2CC=C(c3ccccc3)CC2)cc1. The average Bonchev–Trinajstić information content (AvgIpc) is 2.69. The minimum atomic E-state index is -3.47. The molecule has 1 N–H and O–H groups in total. The smallest absolute Gasteiger partial charge is 0.242 e. The number of benzene rings is 2. The van der Waals surface area contributed by atoms with Crippen molar-refractivity contribution in [1.82, 2.24) is 9.21 Å². The number of carbonyl (C=O) groups excluding carboxylic acids is 1. The lowest BCUT2D eigenvalue weighted by Gasteiger charge is -2.25. The van der Waals surface area contributed by atoms with Crippen LogP contribution in [0.25, 0.3) is 5.57 Å². The Kier molecular flexibility index (Phi) is 6.28. The third-order valence-corrected chi connectivity index (χ3v) is 6.55. The summed E-state index contributed by atoms with van der Waals surface area (Å²) in [5.74, 6) is -0.111. The van der Waals surface area contributed by atoms with E-state index in [0.717, 1.165) is 23.8 Å². The summed E-state index contributed by atoms with van der Waals surface area (Å²) in [4.78, 5) is 14.6. The van der Waals surface area contributed by atoms with Crippen molar-refractivity contribution in [2.75, 3.05) is 39.0 Å². The summed E-state index contributed by atoms with van der Waals surface area (Å²) in [6.45, 7) is 1.86. The van der Waals surface area contributed by atoms with Gasteiger partial charge in [-0.25, -0.2) is 12.7 Å². The molecule has 0 aromatic heterocycles. The van der Waals surface area contributed by atoms with E-state index in [4.69, 9.17) is 0 Å². The van der Waals surface area contributed by atoms with E-state index in [2.05, 4.69) is 28.4 Å². The molecule has 6 nitrogen and oxygen atoms in total. The van der Waals surface area contributed by atoms with E-state index in [1.807, 2.05) is 18.2 Å². The van der Waals surface area contributed by atoms with Gasteiger partial charge in [-0.3, -0.25) is 9.69 Å². The van der Waals surface area contributed by atoms with Crippen LogP contribution in [-0.2, 0) is 14.8 Å². The second-order valence-corrected chi connectivity index (χ2v) is 9.09. The Balaban J connectivity index is 1.54. The number of hydrogen-bond acceptors (Lipinski definition) is 4. The van der Waals surface area contributed by atoms with Crippen molar-refractivity contribution in [3.05, 3.63) is 66.2 Å². The lowest BCUT2D eigenvalue weighted by Crippen LogP contribution is -2.36. The summed E-state index contributed by atoms with van der Waals surface area (Å²) in [5, 5.41) is 2.83. The van der Waals surface area contributed by atoms with Gasteiger partial charge in [0.2, 0.25) is 15.9 Å². The van der Waals surface area contributed by atoms with Gasteiger partial charge in [-0.15, -0.1) is 0 Å². The van der Waals surface area contributed by atoms with E-state index in [-0.39, 0.29) is 10.8 Å². The van der Waals surface area contributed by atoms with Crippen molar-refractivity contribution in [2.45, 2.75) is 11.3 Å². The Morgan fingerprint density at radius 1 is 1.07 bits per heavy atom. The van der Waals surface area contributed by atoms with E-state index in [0.29, 0.717) is 12.2 Å². The highest BCUT2D eigenvalue weighted by molar-refractivity contribution is 7.89. The van der Waals surface area contributed by atoms with Crippen molar-refractivity contribution in [3.63, 3.8) is 0 Å². The zero-order chi connectivity index (χ0) is 20.1. The van der Waals surface area contributed by atoms with Crippen LogP contribution < -0.4 is 5.32 Å². The highest BCUT2D eigenvalue weighted by Crippen LogP contribution is 2.22. The largest absolute Gasteiger partial charge is 0.325 e. The topological polar surface area (TPSA) is 69.7 Å². The van der Waals surface area contributed by atoms with Gasteiger partial charge in [0.25, 0.3) is 0 Å². The number of nitrogens with one attached hydrogen (secondary N) is 1. The molecule has 1 aliphatic rings. The molecule has 0 atom stereocenters. The molecule has 1 heterocycles. The van der Waals surface area contributed by atoms with Crippen molar-refractivity contribution >= 4 is 27.2 Å². The summed E-state index contributed by atoms with van der Waals surface area (Å²) in [5.41, 5.74) is 3.13. The average molecular weight is 400 g/mol. The highest BCUT2D eigenvalue weighted by Gasteiger charge is 2.18. The Labute approximate surface area is 166 Å². The minimum Gasteiger partial charge on any atom is -0.325 e. The predicted molar refractivity (Wildman–Crippen MR) is 111 cm³/mol. The molecule has 1 amide bonds. The van der Waals surface area contributed by atoms with Gasteiger partial charge in [0.1, 0.15) is 0 Å². The van der Waals surface area contributed by atoms with Crippen LogP contribution in [0.15, 0.2) is 65.6 Å². The second-order valence-electron chi connectivity index (χ2n) is 6.94. The lowest BCUT2D eigenvalue weighted by atomic mass is 10.00. The number of sulfonamides is 1. The van der Waals surface area contributed by atoms with Crippen LogP contribution in [-0.4, -0.2) is 57.3 Å². The van der Waals surface area contributed by atoms with Crippen LogP contribution in [0.4, 0.5) is 5.69 Å². The van der Waals surface area contributed by atoms with Gasteiger partial charge in [0, 0.05) is 32.9 Å². The first-order valence-electron chi connectivity index (χ1n) is 9.15. The molecule has 148 valence electrons. The maximum atomic E-state index is 12.3. The Morgan fingerprint density at radius 3 is 2.32 bits per heavy atom. The summed E-state index contributed by atoms with van der Waals surface area (Å²) in [7, 11) is -0.492. The molecule has 0 fully saturated rings. The van der Waals surface area contributed by atoms with Gasteiger partial charge in [-0.05, 0) is 41.8 Å². The van der Waals surface area contributed by atoms with Crippen LogP contribution >= 0.6 is 0 Å². The van der Waals surface area contributed by atoms with Gasteiger partial charge in [0.15, 0.2) is 0 Å². The number of hydrogen-bond donors (Lipinski definition) is 1. The van der Waals surface area contributed by atoms with Crippen LogP contribution in [0.2, 0.25) is 0 Å². The predicted octanol–water partition coefficient (Wildman–Crippen LogP) is 2.66. The highest BCUT2D eigenvalue weighted by atomic mass is 32.2. The van der Waals surface area contributed by atoms with E-state index < -0.39 is 10.0 Å². The quantitative estimate of drug-likeness (QED) is 0.811. The van der Waals surface area contributed by atoms with Crippen LogP contribution in [0, 0.1) is 0 Å². The molecule has 28 heavy (non-hydrogen) atoms. The second kappa shape index (κ2) is 8.68. The molecule has 7 heteroatoms. The van der Waals surface area contributed by atoms with Crippen molar-refractivity contribution in [1.29, 1.82) is 0 Å². The molecule has 3 rings (SSSR count). The summed E-state index contributed by atoms with van der Waals surface area (Å²) in [6.07, 6.45) is 3.08. The van der Waals surface area contributed by atoms with Gasteiger partial charge < -0.3 is 5.32 Å². The fourth-order valence-corrected chi connectivity index (χ4v) is 4.00. The molecule has 0 saturated carbocycles. The van der Waals surface area contributed by atoms with E-state index >= 15 is 0 Å². The van der Waals surface area contributed by atoms with Crippen LogP contribution in [0.5, 0.6) is 0 Å². The molecular formula is C21H25N3O3S. The number of rotatable bonds is 6. The third-order valence-electron chi connectivity index (χ3n) is 4.72. The molecule has 1 aliphatic heterocycles. The summed E-state index contributed by atoms with van der Waals surface area (Å²) < 4.78 is 25.3. The summed E-state index contributed by atoms with van der Waals surface area (Å²) in [6, 6.07) is 16.5. The normalized spacial score (nSPS) is 15.3. The molecule has 0 unspecified atom stereocenters. The van der Waals surface area contributed by atoms with Gasteiger partial charge in [-0.2, -0.15) is 0 Å². The van der Waals surface area contributed by atoms with Crippen molar-refractivity contribution in [3.8, 4) is 0 Å². The fourth-order valence-electron chi connectivity index (χ4n) is 3.09. The molecule has 0 saturated heterocycles. The van der Waals surface area contributed by atoms with Crippen LogP contribution in [0.1, 0.15) is 12.0 Å². The number of carbonyl (C=O) groups is 1. The van der Waals surface area contributed by atoms with Gasteiger partial charge in [0.05, 0.1) is 11.4 Å². The maximum absolute atomic E-state index is 12.3. The first-order valence-corrected chi connectivity index (χ1v) is 10.6. The zero-order valence-corrected chi connectivity index (χ0v) is 16.9. The zero-order valence-electron chi connectivity index (χ0n) is 16.1. The van der Waals surface area contributed by atoms with E-state index in [1.54, 1.807) is 12.1 Å². The first kappa shape index (κ1) is 20.3. The van der Waals surface area contributed by atoms with Crippen LogP contribution in [0.3, 0.4) is 0 Å². The molecule has 0 bridgehead atoms. The third kappa shape index (κ3) is 4.86. The molecule has 0 spiro atoms. The molecule has 0 radical (unpaired) electrons. The lowest BCUT2D eigenvalue weighted by molar-refractivity contribution is -0.117. The molecular weight excluding hydrogens is 374 g/mol. The standard InChI is InChI=1S/C21H25N3O3S/c1-23(2)28(26,27)20-10-8-19(9-11-20)22-21(25)16-24-14-12-18(13-15-24)17-6-4-3-5-7-17/h3-12H,13-16H2,1-2H3,(H,22,25). The fraction of sp³-hybridized carbons (Fsp3) is 0.286. The maximum Gasteiger partial charge on any atom is 0.242 e. The van der Waals surface area contributed by atoms with Gasteiger partial charge >= 0.3 is 0 Å². The molecule has 2 aromatic carbocycles.